The molecular weight excluding hydrogens is 494 g/mol. The van der Waals surface area contributed by atoms with Crippen LogP contribution in [0.4, 0.5) is 16.3 Å². The molecule has 10 nitrogen and oxygen atoms in total. The largest absolute Gasteiger partial charge is 0.450 e. The zero-order chi connectivity index (χ0) is 27.2. The van der Waals surface area contributed by atoms with Crippen molar-refractivity contribution in [2.75, 3.05) is 51.2 Å². The Morgan fingerprint density at radius 2 is 1.95 bits per heavy atom. The van der Waals surface area contributed by atoms with Crippen LogP contribution in [0.25, 0.3) is 5.57 Å². The van der Waals surface area contributed by atoms with Crippen molar-refractivity contribution in [3.05, 3.63) is 59.8 Å². The van der Waals surface area contributed by atoms with E-state index in [9.17, 15) is 9.59 Å². The van der Waals surface area contributed by atoms with E-state index in [1.807, 2.05) is 47.4 Å². The summed E-state index contributed by atoms with van der Waals surface area (Å²) in [5, 5.41) is 3.11. The standard InChI is InChI=1S/C29H37N7O3/c1-2-39-29(38)35-16-12-21(13-17-35)25-7-5-14-31-26(25)33-28(30)32-23-10-8-22(9-11-23)27(37)36-19-18-34-15-4-3-6-24(34)20-36/h5,7-12,14,24H,2-4,6,13,15-20H2,1H3,(H3,30,31,32,33). The molecule has 1 unspecified atom stereocenters. The van der Waals surface area contributed by atoms with Crippen LogP contribution in [0.3, 0.4) is 0 Å². The number of fused-ring (bicyclic) bond motifs is 1. The van der Waals surface area contributed by atoms with Crippen molar-refractivity contribution in [3.8, 4) is 0 Å². The summed E-state index contributed by atoms with van der Waals surface area (Å²) in [7, 11) is 0. The monoisotopic (exact) mass is 531 g/mol. The number of hydrogen-bond acceptors (Lipinski definition) is 6. The predicted molar refractivity (Wildman–Crippen MR) is 152 cm³/mol. The fraction of sp³-hybridized carbons (Fsp3) is 0.448. The number of aliphatic imine (C=N–C) groups is 1. The predicted octanol–water partition coefficient (Wildman–Crippen LogP) is 3.70. The molecule has 2 amide bonds. The van der Waals surface area contributed by atoms with E-state index in [1.54, 1.807) is 18.0 Å². The lowest BCUT2D eigenvalue weighted by Crippen LogP contribution is -2.56. The van der Waals surface area contributed by atoms with Crippen molar-refractivity contribution < 1.29 is 14.3 Å². The van der Waals surface area contributed by atoms with Crippen LogP contribution in [-0.2, 0) is 4.74 Å². The Balaban J connectivity index is 1.21. The molecule has 1 aromatic carbocycles. The minimum absolute atomic E-state index is 0.0776. The molecule has 3 aliphatic heterocycles. The SMILES string of the molecule is CCOC(=O)N1CC=C(c2cccnc2N=C(N)Nc2ccc(C(=O)N3CCN4CCCCC4C3)cc2)CC1. The number of nitrogens with one attached hydrogen (secondary N) is 1. The van der Waals surface area contributed by atoms with E-state index in [2.05, 4.69) is 20.2 Å². The summed E-state index contributed by atoms with van der Waals surface area (Å²) in [4.78, 5) is 40.3. The van der Waals surface area contributed by atoms with Crippen LogP contribution in [0.1, 0.15) is 48.5 Å². The zero-order valence-electron chi connectivity index (χ0n) is 22.5. The van der Waals surface area contributed by atoms with Gasteiger partial charge in [0, 0.05) is 61.8 Å². The summed E-state index contributed by atoms with van der Waals surface area (Å²) >= 11 is 0. The number of hydrogen-bond donors (Lipinski definition) is 2. The van der Waals surface area contributed by atoms with E-state index in [0.717, 1.165) is 43.0 Å². The number of piperazine rings is 1. The number of amides is 2. The first-order valence-corrected chi connectivity index (χ1v) is 13.8. The molecule has 1 atom stereocenters. The van der Waals surface area contributed by atoms with Gasteiger partial charge in [0.05, 0.1) is 6.61 Å². The molecule has 4 heterocycles. The maximum atomic E-state index is 13.1. The van der Waals surface area contributed by atoms with Crippen molar-refractivity contribution >= 4 is 35.0 Å². The highest BCUT2D eigenvalue weighted by molar-refractivity contribution is 5.97. The smallest absolute Gasteiger partial charge is 0.410 e. The van der Waals surface area contributed by atoms with Crippen LogP contribution in [0.15, 0.2) is 53.7 Å². The molecular formula is C29H37N7O3. The number of piperidine rings is 1. The Morgan fingerprint density at radius 1 is 1.10 bits per heavy atom. The Bertz CT molecular complexity index is 1240. The molecule has 2 aromatic rings. The molecule has 0 bridgehead atoms. The summed E-state index contributed by atoms with van der Waals surface area (Å²) in [6.07, 6.45) is 7.74. The number of nitrogens with two attached hydrogens (primary N) is 1. The Hall–Kier alpha value is -3.92. The molecule has 2 fully saturated rings. The van der Waals surface area contributed by atoms with E-state index in [-0.39, 0.29) is 18.0 Å². The average Bonchev–Trinajstić information content (AvgIpc) is 2.97. The first-order chi connectivity index (χ1) is 19.0. The lowest BCUT2D eigenvalue weighted by molar-refractivity contribution is 0.0372. The van der Waals surface area contributed by atoms with E-state index in [0.29, 0.717) is 43.5 Å². The molecule has 5 rings (SSSR count). The normalized spacial score (nSPS) is 20.2. The van der Waals surface area contributed by atoms with Gasteiger partial charge in [-0.25, -0.2) is 9.78 Å². The van der Waals surface area contributed by atoms with Crippen molar-refractivity contribution in [1.29, 1.82) is 0 Å². The third kappa shape index (κ3) is 6.39. The van der Waals surface area contributed by atoms with Gasteiger partial charge in [-0.05, 0) is 74.7 Å². The molecule has 3 aliphatic rings. The van der Waals surface area contributed by atoms with Gasteiger partial charge in [-0.3, -0.25) is 9.69 Å². The molecule has 0 spiro atoms. The third-order valence-corrected chi connectivity index (χ3v) is 7.62. The average molecular weight is 532 g/mol. The van der Waals surface area contributed by atoms with E-state index in [4.69, 9.17) is 10.5 Å². The van der Waals surface area contributed by atoms with Gasteiger partial charge in [0.1, 0.15) is 0 Å². The maximum Gasteiger partial charge on any atom is 0.410 e. The number of rotatable bonds is 5. The van der Waals surface area contributed by atoms with E-state index in [1.165, 1.54) is 19.3 Å². The Kier molecular flexibility index (Phi) is 8.41. The van der Waals surface area contributed by atoms with Crippen molar-refractivity contribution in [2.45, 2.75) is 38.6 Å². The van der Waals surface area contributed by atoms with Gasteiger partial charge in [-0.1, -0.05) is 12.5 Å². The molecule has 0 radical (unpaired) electrons. The van der Waals surface area contributed by atoms with Crippen molar-refractivity contribution in [1.82, 2.24) is 19.7 Å². The second-order valence-electron chi connectivity index (χ2n) is 10.1. The van der Waals surface area contributed by atoms with Gasteiger partial charge in [-0.15, -0.1) is 0 Å². The highest BCUT2D eigenvalue weighted by Gasteiger charge is 2.31. The lowest BCUT2D eigenvalue weighted by Gasteiger charge is -2.44. The van der Waals surface area contributed by atoms with Gasteiger partial charge in [-0.2, -0.15) is 4.99 Å². The minimum atomic E-state index is -0.301. The highest BCUT2D eigenvalue weighted by atomic mass is 16.6. The van der Waals surface area contributed by atoms with E-state index < -0.39 is 0 Å². The number of carbonyl (C=O) groups excluding carboxylic acids is 2. The number of anilines is 1. The topological polar surface area (TPSA) is 116 Å². The quantitative estimate of drug-likeness (QED) is 0.446. The number of benzene rings is 1. The molecule has 3 N–H and O–H groups in total. The number of pyridine rings is 1. The van der Waals surface area contributed by atoms with E-state index >= 15 is 0 Å². The summed E-state index contributed by atoms with van der Waals surface area (Å²) < 4.78 is 5.10. The van der Waals surface area contributed by atoms with Crippen molar-refractivity contribution in [3.63, 3.8) is 0 Å². The van der Waals surface area contributed by atoms with Crippen LogP contribution in [0, 0.1) is 0 Å². The summed E-state index contributed by atoms with van der Waals surface area (Å²) in [5.41, 5.74) is 9.59. The molecule has 1 aromatic heterocycles. The summed E-state index contributed by atoms with van der Waals surface area (Å²) in [6.45, 7) is 6.89. The van der Waals surface area contributed by atoms with Gasteiger partial charge < -0.3 is 25.6 Å². The molecule has 39 heavy (non-hydrogen) atoms. The molecule has 10 heteroatoms. The van der Waals surface area contributed by atoms with Gasteiger partial charge in [0.15, 0.2) is 11.8 Å². The molecule has 0 aliphatic carbocycles. The summed E-state index contributed by atoms with van der Waals surface area (Å²) in [5.74, 6) is 0.785. The molecule has 206 valence electrons. The number of nitrogens with zero attached hydrogens (tertiary/aromatic N) is 5. The number of guanidine groups is 1. The number of aromatic nitrogens is 1. The molecule has 2 saturated heterocycles. The van der Waals surface area contributed by atoms with Crippen LogP contribution in [0.5, 0.6) is 0 Å². The number of ether oxygens (including phenoxy) is 1. The second kappa shape index (κ2) is 12.3. The fourth-order valence-corrected chi connectivity index (χ4v) is 5.54. The van der Waals surface area contributed by atoms with Crippen molar-refractivity contribution in [2.24, 2.45) is 10.7 Å². The Labute approximate surface area is 229 Å². The second-order valence-corrected chi connectivity index (χ2v) is 10.1. The van der Waals surface area contributed by atoms with Crippen LogP contribution in [-0.4, -0.2) is 89.6 Å². The highest BCUT2D eigenvalue weighted by Crippen LogP contribution is 2.29. The first kappa shape index (κ1) is 26.7. The van der Waals surface area contributed by atoms with Gasteiger partial charge in [0.25, 0.3) is 5.91 Å². The Morgan fingerprint density at radius 3 is 2.72 bits per heavy atom. The molecule has 0 saturated carbocycles. The number of carbonyl (C=O) groups is 2. The maximum absolute atomic E-state index is 13.1. The van der Waals surface area contributed by atoms with Crippen LogP contribution in [0.2, 0.25) is 0 Å². The van der Waals surface area contributed by atoms with Crippen LogP contribution >= 0.6 is 0 Å². The minimum Gasteiger partial charge on any atom is -0.450 e. The first-order valence-electron chi connectivity index (χ1n) is 13.8. The van der Waals surface area contributed by atoms with Gasteiger partial charge in [0.2, 0.25) is 0 Å². The lowest BCUT2D eigenvalue weighted by atomic mass is 9.99. The zero-order valence-corrected chi connectivity index (χ0v) is 22.5. The third-order valence-electron chi connectivity index (χ3n) is 7.62. The fourth-order valence-electron chi connectivity index (χ4n) is 5.54. The van der Waals surface area contributed by atoms with Crippen LogP contribution < -0.4 is 11.1 Å². The summed E-state index contributed by atoms with van der Waals surface area (Å²) in [6, 6.07) is 11.7. The van der Waals surface area contributed by atoms with Gasteiger partial charge >= 0.3 is 6.09 Å².